The second-order valence-electron chi connectivity index (χ2n) is 8.63. The Morgan fingerprint density at radius 3 is 2.11 bits per heavy atom. The zero-order valence-corrected chi connectivity index (χ0v) is 24.2. The predicted octanol–water partition coefficient (Wildman–Crippen LogP) is 4.74. The van der Waals surface area contributed by atoms with Crippen molar-refractivity contribution in [3.63, 3.8) is 0 Å². The van der Waals surface area contributed by atoms with E-state index in [2.05, 4.69) is 27.9 Å². The first kappa shape index (κ1) is 28.6. The SMILES string of the molecule is CCNC(=O)C(CC)N(Cc1ccc(C)cc1)C(=O)CN(c1ccc(I)cc1)S(=O)(=O)c1ccccc1. The number of sulfonamides is 1. The fourth-order valence-electron chi connectivity index (χ4n) is 3.96. The van der Waals surface area contributed by atoms with Crippen LogP contribution >= 0.6 is 22.6 Å². The average Bonchev–Trinajstić information content (AvgIpc) is 2.89. The minimum Gasteiger partial charge on any atom is -0.355 e. The molecule has 0 aromatic heterocycles. The van der Waals surface area contributed by atoms with Crippen molar-refractivity contribution in [1.29, 1.82) is 0 Å². The smallest absolute Gasteiger partial charge is 0.264 e. The molecule has 0 spiro atoms. The Kier molecular flexibility index (Phi) is 10.1. The molecule has 7 nitrogen and oxygen atoms in total. The van der Waals surface area contributed by atoms with Crippen molar-refractivity contribution in [2.45, 2.75) is 44.7 Å². The van der Waals surface area contributed by atoms with Crippen molar-refractivity contribution >= 4 is 50.1 Å². The topological polar surface area (TPSA) is 86.8 Å². The van der Waals surface area contributed by atoms with Crippen LogP contribution in [-0.2, 0) is 26.2 Å². The molecule has 0 radical (unpaired) electrons. The number of amides is 2. The quantitative estimate of drug-likeness (QED) is 0.310. The van der Waals surface area contributed by atoms with Gasteiger partial charge >= 0.3 is 0 Å². The van der Waals surface area contributed by atoms with E-state index in [0.717, 1.165) is 19.0 Å². The van der Waals surface area contributed by atoms with Gasteiger partial charge in [0.2, 0.25) is 11.8 Å². The predicted molar refractivity (Wildman–Crippen MR) is 155 cm³/mol. The molecule has 3 rings (SSSR count). The Morgan fingerprint density at radius 1 is 0.919 bits per heavy atom. The molecule has 1 N–H and O–H groups in total. The molecule has 196 valence electrons. The van der Waals surface area contributed by atoms with Gasteiger partial charge in [-0.25, -0.2) is 8.42 Å². The lowest BCUT2D eigenvalue weighted by Gasteiger charge is -2.33. The van der Waals surface area contributed by atoms with Crippen LogP contribution in [0.4, 0.5) is 5.69 Å². The van der Waals surface area contributed by atoms with Gasteiger partial charge in [-0.1, -0.05) is 55.0 Å². The summed E-state index contributed by atoms with van der Waals surface area (Å²) in [6.07, 6.45) is 0.387. The number of carbonyl (C=O) groups excluding carboxylic acids is 2. The van der Waals surface area contributed by atoms with Gasteiger partial charge in [-0.2, -0.15) is 0 Å². The van der Waals surface area contributed by atoms with Crippen molar-refractivity contribution < 1.29 is 18.0 Å². The summed E-state index contributed by atoms with van der Waals surface area (Å²) >= 11 is 2.14. The maximum atomic E-state index is 13.9. The molecule has 0 heterocycles. The Hall–Kier alpha value is -2.92. The molecule has 0 aliphatic rings. The number of likely N-dealkylation sites (N-methyl/N-ethyl adjacent to an activating group) is 1. The summed E-state index contributed by atoms with van der Waals surface area (Å²) in [6, 6.07) is 22.0. The summed E-state index contributed by atoms with van der Waals surface area (Å²) in [5.41, 5.74) is 2.31. The highest BCUT2D eigenvalue weighted by molar-refractivity contribution is 14.1. The average molecular weight is 634 g/mol. The first-order valence-corrected chi connectivity index (χ1v) is 14.6. The van der Waals surface area contributed by atoms with Crippen LogP contribution in [0.5, 0.6) is 0 Å². The molecule has 1 unspecified atom stereocenters. The standard InChI is InChI=1S/C28H32IN3O4S/c1-4-26(28(34)30-5-2)31(19-22-13-11-21(3)12-14-22)27(33)20-32(24-17-15-23(29)16-18-24)37(35,36)25-9-7-6-8-10-25/h6-18,26H,4-5,19-20H2,1-3H3,(H,30,34). The van der Waals surface area contributed by atoms with Crippen molar-refractivity contribution in [2.75, 3.05) is 17.4 Å². The number of halogens is 1. The van der Waals surface area contributed by atoms with Gasteiger partial charge in [0.1, 0.15) is 12.6 Å². The summed E-state index contributed by atoms with van der Waals surface area (Å²) in [6.45, 7) is 5.80. The number of carbonyl (C=O) groups is 2. The Balaban J connectivity index is 2.03. The van der Waals surface area contributed by atoms with Crippen LogP contribution in [-0.4, -0.2) is 44.3 Å². The first-order chi connectivity index (χ1) is 17.7. The number of aryl methyl sites for hydroxylation is 1. The van der Waals surface area contributed by atoms with E-state index in [1.165, 1.54) is 17.0 Å². The second kappa shape index (κ2) is 13.0. The molecule has 37 heavy (non-hydrogen) atoms. The van der Waals surface area contributed by atoms with Gasteiger partial charge in [0.05, 0.1) is 10.6 Å². The summed E-state index contributed by atoms with van der Waals surface area (Å²) in [5.74, 6) is -0.728. The van der Waals surface area contributed by atoms with Crippen LogP contribution in [0.3, 0.4) is 0 Å². The van der Waals surface area contributed by atoms with E-state index in [0.29, 0.717) is 18.7 Å². The van der Waals surface area contributed by atoms with Crippen molar-refractivity contribution in [3.05, 3.63) is 93.6 Å². The van der Waals surface area contributed by atoms with Gasteiger partial charge in [0, 0.05) is 16.7 Å². The number of anilines is 1. The monoisotopic (exact) mass is 633 g/mol. The van der Waals surface area contributed by atoms with E-state index >= 15 is 0 Å². The van der Waals surface area contributed by atoms with E-state index in [4.69, 9.17) is 0 Å². The Bertz CT molecular complexity index is 1300. The Labute approximate surface area is 233 Å². The fourth-order valence-corrected chi connectivity index (χ4v) is 5.75. The molecule has 0 bridgehead atoms. The van der Waals surface area contributed by atoms with Crippen LogP contribution in [0.15, 0.2) is 83.8 Å². The molecule has 3 aromatic rings. The Morgan fingerprint density at radius 2 is 1.54 bits per heavy atom. The van der Waals surface area contributed by atoms with Gasteiger partial charge in [-0.3, -0.25) is 13.9 Å². The molecule has 0 aliphatic carbocycles. The van der Waals surface area contributed by atoms with Crippen LogP contribution in [0.1, 0.15) is 31.4 Å². The van der Waals surface area contributed by atoms with Gasteiger partial charge in [0.25, 0.3) is 10.0 Å². The van der Waals surface area contributed by atoms with E-state index in [1.807, 2.05) is 45.0 Å². The highest BCUT2D eigenvalue weighted by Gasteiger charge is 2.33. The minimum atomic E-state index is -4.05. The number of hydrogen-bond acceptors (Lipinski definition) is 4. The normalized spacial score (nSPS) is 12.0. The lowest BCUT2D eigenvalue weighted by molar-refractivity contribution is -0.140. The molecule has 2 amide bonds. The van der Waals surface area contributed by atoms with Gasteiger partial charge in [0.15, 0.2) is 0 Å². The number of benzene rings is 3. The molecule has 0 aliphatic heterocycles. The molecule has 0 fully saturated rings. The molecular formula is C28H32IN3O4S. The van der Waals surface area contributed by atoms with Crippen molar-refractivity contribution in [3.8, 4) is 0 Å². The van der Waals surface area contributed by atoms with E-state index in [-0.39, 0.29) is 17.3 Å². The van der Waals surface area contributed by atoms with Gasteiger partial charge < -0.3 is 10.2 Å². The number of rotatable bonds is 11. The first-order valence-electron chi connectivity index (χ1n) is 12.1. The maximum absolute atomic E-state index is 13.9. The summed E-state index contributed by atoms with van der Waals surface area (Å²) in [5, 5.41) is 2.81. The molecule has 0 saturated carbocycles. The summed E-state index contributed by atoms with van der Waals surface area (Å²) in [4.78, 5) is 28.4. The van der Waals surface area contributed by atoms with Gasteiger partial charge in [-0.05, 0) is 84.8 Å². The lowest BCUT2D eigenvalue weighted by Crippen LogP contribution is -2.52. The molecule has 3 aromatic carbocycles. The van der Waals surface area contributed by atoms with E-state index < -0.39 is 28.5 Å². The highest BCUT2D eigenvalue weighted by atomic mass is 127. The largest absolute Gasteiger partial charge is 0.355 e. The zero-order chi connectivity index (χ0) is 27.0. The van der Waals surface area contributed by atoms with Crippen LogP contribution < -0.4 is 9.62 Å². The van der Waals surface area contributed by atoms with Gasteiger partial charge in [-0.15, -0.1) is 0 Å². The van der Waals surface area contributed by atoms with Crippen molar-refractivity contribution in [1.82, 2.24) is 10.2 Å². The highest BCUT2D eigenvalue weighted by Crippen LogP contribution is 2.25. The molecule has 0 saturated heterocycles. The summed E-state index contributed by atoms with van der Waals surface area (Å²) in [7, 11) is -4.05. The van der Waals surface area contributed by atoms with E-state index in [9.17, 15) is 18.0 Å². The van der Waals surface area contributed by atoms with Crippen LogP contribution in [0.25, 0.3) is 0 Å². The number of nitrogens with zero attached hydrogens (tertiary/aromatic N) is 2. The number of nitrogens with one attached hydrogen (secondary N) is 1. The molecular weight excluding hydrogens is 601 g/mol. The lowest BCUT2D eigenvalue weighted by atomic mass is 10.1. The fraction of sp³-hybridized carbons (Fsp3) is 0.286. The zero-order valence-electron chi connectivity index (χ0n) is 21.2. The van der Waals surface area contributed by atoms with Crippen molar-refractivity contribution in [2.24, 2.45) is 0 Å². The molecule has 9 heteroatoms. The summed E-state index contributed by atoms with van der Waals surface area (Å²) < 4.78 is 29.5. The molecule has 1 atom stereocenters. The second-order valence-corrected chi connectivity index (χ2v) is 11.7. The van der Waals surface area contributed by atoms with Crippen LogP contribution in [0, 0.1) is 10.5 Å². The third kappa shape index (κ3) is 7.32. The third-order valence-corrected chi connectivity index (χ3v) is 8.44. The van der Waals surface area contributed by atoms with E-state index in [1.54, 1.807) is 42.5 Å². The minimum absolute atomic E-state index is 0.0854. The maximum Gasteiger partial charge on any atom is 0.264 e. The van der Waals surface area contributed by atoms with Crippen LogP contribution in [0.2, 0.25) is 0 Å². The third-order valence-electron chi connectivity index (χ3n) is 5.94. The number of hydrogen-bond donors (Lipinski definition) is 1.